The lowest BCUT2D eigenvalue weighted by Gasteiger charge is -2.15. The van der Waals surface area contributed by atoms with Gasteiger partial charge in [0.15, 0.2) is 0 Å². The molecule has 6 nitrogen and oxygen atoms in total. The summed E-state index contributed by atoms with van der Waals surface area (Å²) >= 11 is 3.22. The normalized spacial score (nSPS) is 10.9. The molecule has 0 unspecified atom stereocenters. The van der Waals surface area contributed by atoms with Gasteiger partial charge in [-0.2, -0.15) is 16.3 Å². The standard InChI is InChI=1S/C16H18N4O2S2/c1-3-14-17-12(10-24-14)8-20(2)15(21)5-4-13-18-16(19-22-13)11-6-7-23-9-11/h6-7,9-10H,3-5,8H2,1-2H3. The van der Waals surface area contributed by atoms with E-state index in [0.717, 1.165) is 22.7 Å². The van der Waals surface area contributed by atoms with Crippen LogP contribution in [0.2, 0.25) is 0 Å². The lowest BCUT2D eigenvalue weighted by atomic mass is 10.2. The SMILES string of the molecule is CCc1nc(CN(C)C(=O)CCc2nc(-c3ccsc3)no2)cs1. The summed E-state index contributed by atoms with van der Waals surface area (Å²) in [7, 11) is 1.79. The van der Waals surface area contributed by atoms with E-state index in [9.17, 15) is 4.79 Å². The van der Waals surface area contributed by atoms with Gasteiger partial charge in [-0.1, -0.05) is 12.1 Å². The van der Waals surface area contributed by atoms with Gasteiger partial charge < -0.3 is 9.42 Å². The van der Waals surface area contributed by atoms with Crippen LogP contribution in [0.15, 0.2) is 26.7 Å². The highest BCUT2D eigenvalue weighted by atomic mass is 32.1. The number of nitrogens with zero attached hydrogens (tertiary/aromatic N) is 4. The Morgan fingerprint density at radius 1 is 1.33 bits per heavy atom. The summed E-state index contributed by atoms with van der Waals surface area (Å²) in [5.74, 6) is 1.10. The number of carbonyl (C=O) groups is 1. The molecule has 0 aliphatic rings. The highest BCUT2D eigenvalue weighted by molar-refractivity contribution is 7.09. The minimum Gasteiger partial charge on any atom is -0.340 e. The molecule has 0 spiro atoms. The second-order valence-corrected chi connectivity index (χ2v) is 7.08. The van der Waals surface area contributed by atoms with E-state index in [0.29, 0.717) is 31.1 Å². The molecule has 1 amide bonds. The summed E-state index contributed by atoms with van der Waals surface area (Å²) in [4.78, 5) is 22.7. The Bertz CT molecular complexity index is 795. The van der Waals surface area contributed by atoms with Crippen LogP contribution in [0, 0.1) is 0 Å². The van der Waals surface area contributed by atoms with Gasteiger partial charge in [0.25, 0.3) is 0 Å². The van der Waals surface area contributed by atoms with Gasteiger partial charge in [0.1, 0.15) is 0 Å². The number of thiazole rings is 1. The van der Waals surface area contributed by atoms with E-state index < -0.39 is 0 Å². The Balaban J connectivity index is 1.51. The second kappa shape index (κ2) is 7.67. The van der Waals surface area contributed by atoms with Crippen molar-refractivity contribution in [2.24, 2.45) is 0 Å². The molecule has 3 aromatic heterocycles. The summed E-state index contributed by atoms with van der Waals surface area (Å²) in [5.41, 5.74) is 1.87. The highest BCUT2D eigenvalue weighted by Crippen LogP contribution is 2.19. The van der Waals surface area contributed by atoms with E-state index in [2.05, 4.69) is 22.0 Å². The van der Waals surface area contributed by atoms with Crippen molar-refractivity contribution in [2.75, 3.05) is 7.05 Å². The first-order chi connectivity index (χ1) is 11.7. The average molecular weight is 362 g/mol. The molecular formula is C16H18N4O2S2. The van der Waals surface area contributed by atoms with Crippen LogP contribution < -0.4 is 0 Å². The summed E-state index contributed by atoms with van der Waals surface area (Å²) in [6, 6.07) is 1.94. The third kappa shape index (κ3) is 4.07. The van der Waals surface area contributed by atoms with Crippen molar-refractivity contribution in [3.63, 3.8) is 0 Å². The largest absolute Gasteiger partial charge is 0.340 e. The fourth-order valence-electron chi connectivity index (χ4n) is 2.19. The van der Waals surface area contributed by atoms with Gasteiger partial charge in [-0.05, 0) is 17.9 Å². The van der Waals surface area contributed by atoms with Crippen LogP contribution >= 0.6 is 22.7 Å². The third-order valence-corrected chi connectivity index (χ3v) is 5.25. The molecule has 0 N–H and O–H groups in total. The predicted molar refractivity (Wildman–Crippen MR) is 93.9 cm³/mol. The molecule has 0 aromatic carbocycles. The zero-order valence-corrected chi connectivity index (χ0v) is 15.2. The molecule has 3 aromatic rings. The van der Waals surface area contributed by atoms with Crippen molar-refractivity contribution < 1.29 is 9.32 Å². The Kier molecular flexibility index (Phi) is 5.37. The smallest absolute Gasteiger partial charge is 0.227 e. The lowest BCUT2D eigenvalue weighted by Crippen LogP contribution is -2.26. The molecule has 0 aliphatic heterocycles. The Morgan fingerprint density at radius 2 is 2.21 bits per heavy atom. The van der Waals surface area contributed by atoms with Crippen LogP contribution in [-0.2, 0) is 24.2 Å². The van der Waals surface area contributed by atoms with E-state index in [-0.39, 0.29) is 5.91 Å². The maximum Gasteiger partial charge on any atom is 0.227 e. The van der Waals surface area contributed by atoms with Crippen molar-refractivity contribution in [1.29, 1.82) is 0 Å². The molecule has 0 aliphatic carbocycles. The second-order valence-electron chi connectivity index (χ2n) is 5.36. The zero-order valence-electron chi connectivity index (χ0n) is 13.6. The third-order valence-electron chi connectivity index (χ3n) is 3.53. The molecule has 0 saturated carbocycles. The van der Waals surface area contributed by atoms with Crippen molar-refractivity contribution in [3.8, 4) is 11.4 Å². The predicted octanol–water partition coefficient (Wildman–Crippen LogP) is 3.41. The number of hydrogen-bond donors (Lipinski definition) is 0. The first-order valence-corrected chi connectivity index (χ1v) is 9.50. The van der Waals surface area contributed by atoms with Gasteiger partial charge in [0.2, 0.25) is 17.6 Å². The van der Waals surface area contributed by atoms with E-state index in [1.807, 2.05) is 22.2 Å². The molecule has 24 heavy (non-hydrogen) atoms. The summed E-state index contributed by atoms with van der Waals surface area (Å²) in [6.07, 6.45) is 1.70. The number of rotatable bonds is 7. The molecule has 126 valence electrons. The van der Waals surface area contributed by atoms with E-state index in [4.69, 9.17) is 4.52 Å². The molecule has 0 bridgehead atoms. The molecule has 0 fully saturated rings. The minimum absolute atomic E-state index is 0.0383. The van der Waals surface area contributed by atoms with Crippen LogP contribution in [0.1, 0.15) is 29.9 Å². The Labute approximate surface area is 148 Å². The number of aryl methyl sites for hydroxylation is 2. The average Bonchev–Trinajstić information content (AvgIpc) is 3.32. The quantitative estimate of drug-likeness (QED) is 0.644. The van der Waals surface area contributed by atoms with Crippen molar-refractivity contribution >= 4 is 28.6 Å². The van der Waals surface area contributed by atoms with Gasteiger partial charge in [-0.15, -0.1) is 11.3 Å². The summed E-state index contributed by atoms with van der Waals surface area (Å²) in [6.45, 7) is 2.60. The minimum atomic E-state index is 0.0383. The topological polar surface area (TPSA) is 72.1 Å². The monoisotopic (exact) mass is 362 g/mol. The summed E-state index contributed by atoms with van der Waals surface area (Å²) in [5, 5.41) is 11.0. The van der Waals surface area contributed by atoms with Crippen LogP contribution in [0.25, 0.3) is 11.4 Å². The highest BCUT2D eigenvalue weighted by Gasteiger charge is 2.14. The number of hydrogen-bond acceptors (Lipinski definition) is 7. The molecule has 0 atom stereocenters. The molecule has 0 saturated heterocycles. The maximum atomic E-state index is 12.2. The van der Waals surface area contributed by atoms with Gasteiger partial charge in [0.05, 0.1) is 17.2 Å². The van der Waals surface area contributed by atoms with Crippen LogP contribution in [-0.4, -0.2) is 33.0 Å². The van der Waals surface area contributed by atoms with Gasteiger partial charge in [0, 0.05) is 36.2 Å². The van der Waals surface area contributed by atoms with Gasteiger partial charge >= 0.3 is 0 Å². The van der Waals surface area contributed by atoms with E-state index in [1.54, 1.807) is 34.6 Å². The number of thiophene rings is 1. The fourth-order valence-corrected chi connectivity index (χ4v) is 3.56. The fraction of sp³-hybridized carbons (Fsp3) is 0.375. The molecule has 3 heterocycles. The molecule has 8 heteroatoms. The first-order valence-electron chi connectivity index (χ1n) is 7.68. The Morgan fingerprint density at radius 3 is 2.92 bits per heavy atom. The van der Waals surface area contributed by atoms with Crippen LogP contribution in [0.5, 0.6) is 0 Å². The Hall–Kier alpha value is -2.06. The summed E-state index contributed by atoms with van der Waals surface area (Å²) < 4.78 is 5.22. The van der Waals surface area contributed by atoms with Crippen LogP contribution in [0.3, 0.4) is 0 Å². The number of aromatic nitrogens is 3. The lowest BCUT2D eigenvalue weighted by molar-refractivity contribution is -0.130. The van der Waals surface area contributed by atoms with Crippen molar-refractivity contribution in [1.82, 2.24) is 20.0 Å². The van der Waals surface area contributed by atoms with Crippen molar-refractivity contribution in [3.05, 3.63) is 38.8 Å². The molecule has 0 radical (unpaired) electrons. The van der Waals surface area contributed by atoms with E-state index in [1.165, 1.54) is 0 Å². The maximum absolute atomic E-state index is 12.2. The number of amides is 1. The van der Waals surface area contributed by atoms with Crippen molar-refractivity contribution in [2.45, 2.75) is 32.7 Å². The van der Waals surface area contributed by atoms with Crippen LogP contribution in [0.4, 0.5) is 0 Å². The molecular weight excluding hydrogens is 344 g/mol. The van der Waals surface area contributed by atoms with E-state index >= 15 is 0 Å². The van der Waals surface area contributed by atoms with Gasteiger partial charge in [-0.3, -0.25) is 4.79 Å². The number of carbonyl (C=O) groups excluding carboxylic acids is 1. The molecule has 3 rings (SSSR count). The van der Waals surface area contributed by atoms with Gasteiger partial charge in [-0.25, -0.2) is 4.98 Å². The first kappa shape index (κ1) is 16.8. The zero-order chi connectivity index (χ0) is 16.9.